The fourth-order valence-corrected chi connectivity index (χ4v) is 3.42. The van der Waals surface area contributed by atoms with E-state index in [4.69, 9.17) is 0 Å². The van der Waals surface area contributed by atoms with Crippen molar-refractivity contribution in [1.29, 1.82) is 0 Å². The first-order valence-electron chi connectivity index (χ1n) is 9.80. The molecule has 27 heavy (non-hydrogen) atoms. The quantitative estimate of drug-likeness (QED) is 0.599. The molecule has 4 heteroatoms. The van der Waals surface area contributed by atoms with Gasteiger partial charge in [0.05, 0.1) is 0 Å². The van der Waals surface area contributed by atoms with Gasteiger partial charge < -0.3 is 10.2 Å². The number of rotatable bonds is 7. The summed E-state index contributed by atoms with van der Waals surface area (Å²) in [5, 5.41) is 2.74. The molecule has 0 saturated carbocycles. The third-order valence-electron chi connectivity index (χ3n) is 5.18. The van der Waals surface area contributed by atoms with Crippen molar-refractivity contribution in [2.45, 2.75) is 32.6 Å². The third kappa shape index (κ3) is 5.04. The molecule has 0 unspecified atom stereocenters. The van der Waals surface area contributed by atoms with Crippen LogP contribution in [0.3, 0.4) is 0 Å². The van der Waals surface area contributed by atoms with Crippen LogP contribution in [0.2, 0.25) is 0 Å². The zero-order valence-corrected chi connectivity index (χ0v) is 16.2. The Kier molecular flexibility index (Phi) is 6.40. The fourth-order valence-electron chi connectivity index (χ4n) is 3.42. The summed E-state index contributed by atoms with van der Waals surface area (Å²) in [6.07, 6.45) is 2.44. The largest absolute Gasteiger partial charge is 0.348 e. The van der Waals surface area contributed by atoms with E-state index in [1.807, 2.05) is 12.1 Å². The van der Waals surface area contributed by atoms with Crippen LogP contribution in [0.25, 0.3) is 11.1 Å². The predicted octanol–water partition coefficient (Wildman–Crippen LogP) is 3.87. The van der Waals surface area contributed by atoms with Crippen LogP contribution in [0.5, 0.6) is 0 Å². The number of hydrogen-bond acceptors (Lipinski definition) is 3. The molecule has 2 aromatic rings. The van der Waals surface area contributed by atoms with Gasteiger partial charge in [-0.3, -0.25) is 9.59 Å². The smallest absolute Gasteiger partial charge is 0.292 e. The van der Waals surface area contributed by atoms with Gasteiger partial charge in [-0.05, 0) is 48.5 Å². The minimum atomic E-state index is -0.525. The lowest BCUT2D eigenvalue weighted by atomic mass is 9.98. The molecule has 0 atom stereocenters. The first-order chi connectivity index (χ1) is 13.0. The van der Waals surface area contributed by atoms with Crippen molar-refractivity contribution < 1.29 is 9.59 Å². The summed E-state index contributed by atoms with van der Waals surface area (Å²) in [4.78, 5) is 26.7. The van der Waals surface area contributed by atoms with Crippen LogP contribution in [0.1, 0.15) is 48.5 Å². The highest BCUT2D eigenvalue weighted by Crippen LogP contribution is 2.23. The normalized spacial score (nSPS) is 14.5. The summed E-state index contributed by atoms with van der Waals surface area (Å²) >= 11 is 0. The monoisotopic (exact) mass is 364 g/mol. The SMILES string of the molecule is CC(C)c1ccc(-c2ccc(C(=O)C(=O)NCCN3CCCC3)cc2)cc1. The summed E-state index contributed by atoms with van der Waals surface area (Å²) in [7, 11) is 0. The van der Waals surface area contributed by atoms with Crippen LogP contribution >= 0.6 is 0 Å². The van der Waals surface area contributed by atoms with Crippen molar-refractivity contribution in [3.05, 3.63) is 59.7 Å². The van der Waals surface area contributed by atoms with E-state index in [1.165, 1.54) is 18.4 Å². The molecule has 0 bridgehead atoms. The number of likely N-dealkylation sites (tertiary alicyclic amines) is 1. The molecule has 1 aliphatic heterocycles. The standard InChI is InChI=1S/C23H28N2O2/c1-17(2)18-5-7-19(8-6-18)20-9-11-21(12-10-20)22(26)23(27)24-13-16-25-14-3-4-15-25/h5-12,17H,3-4,13-16H2,1-2H3,(H,24,27). The van der Waals surface area contributed by atoms with Gasteiger partial charge in [-0.15, -0.1) is 0 Å². The van der Waals surface area contributed by atoms with Gasteiger partial charge in [0.2, 0.25) is 5.78 Å². The van der Waals surface area contributed by atoms with Crippen LogP contribution < -0.4 is 5.32 Å². The van der Waals surface area contributed by atoms with E-state index < -0.39 is 11.7 Å². The number of nitrogens with one attached hydrogen (secondary N) is 1. The maximum absolute atomic E-state index is 12.3. The highest BCUT2D eigenvalue weighted by Gasteiger charge is 2.17. The van der Waals surface area contributed by atoms with E-state index in [0.29, 0.717) is 18.0 Å². The molecule has 0 spiro atoms. The van der Waals surface area contributed by atoms with E-state index in [2.05, 4.69) is 48.3 Å². The Morgan fingerprint density at radius 1 is 0.926 bits per heavy atom. The molecular formula is C23H28N2O2. The molecule has 4 nitrogen and oxygen atoms in total. The Morgan fingerprint density at radius 3 is 2.04 bits per heavy atom. The van der Waals surface area contributed by atoms with Gasteiger partial charge in [0.15, 0.2) is 0 Å². The fraction of sp³-hybridized carbons (Fsp3) is 0.391. The van der Waals surface area contributed by atoms with Gasteiger partial charge in [0.1, 0.15) is 0 Å². The summed E-state index contributed by atoms with van der Waals surface area (Å²) < 4.78 is 0. The van der Waals surface area contributed by atoms with Crippen LogP contribution in [-0.2, 0) is 4.79 Å². The van der Waals surface area contributed by atoms with Crippen molar-refractivity contribution in [2.24, 2.45) is 0 Å². The van der Waals surface area contributed by atoms with Gasteiger partial charge in [-0.25, -0.2) is 0 Å². The number of carbonyl (C=O) groups excluding carboxylic acids is 2. The number of hydrogen-bond donors (Lipinski definition) is 1. The van der Waals surface area contributed by atoms with E-state index in [9.17, 15) is 9.59 Å². The zero-order valence-electron chi connectivity index (χ0n) is 16.2. The maximum Gasteiger partial charge on any atom is 0.292 e. The second kappa shape index (κ2) is 8.96. The second-order valence-corrected chi connectivity index (χ2v) is 7.49. The van der Waals surface area contributed by atoms with E-state index in [-0.39, 0.29) is 0 Å². The van der Waals surface area contributed by atoms with Crippen LogP contribution in [-0.4, -0.2) is 42.8 Å². The van der Waals surface area contributed by atoms with Crippen molar-refractivity contribution in [1.82, 2.24) is 10.2 Å². The first kappa shape index (κ1) is 19.3. The Balaban J connectivity index is 1.56. The first-order valence-corrected chi connectivity index (χ1v) is 9.80. The van der Waals surface area contributed by atoms with E-state index in [0.717, 1.165) is 30.8 Å². The lowest BCUT2D eigenvalue weighted by molar-refractivity contribution is -0.117. The number of benzene rings is 2. The predicted molar refractivity (Wildman–Crippen MR) is 109 cm³/mol. The lowest BCUT2D eigenvalue weighted by Crippen LogP contribution is -2.37. The maximum atomic E-state index is 12.3. The van der Waals surface area contributed by atoms with Crippen LogP contribution in [0, 0.1) is 0 Å². The minimum absolute atomic E-state index is 0.427. The van der Waals surface area contributed by atoms with E-state index in [1.54, 1.807) is 12.1 Å². The van der Waals surface area contributed by atoms with Gasteiger partial charge >= 0.3 is 0 Å². The van der Waals surface area contributed by atoms with Gasteiger partial charge in [0.25, 0.3) is 5.91 Å². The molecule has 1 fully saturated rings. The molecule has 0 radical (unpaired) electrons. The molecule has 0 aliphatic carbocycles. The number of carbonyl (C=O) groups is 2. The summed E-state index contributed by atoms with van der Waals surface area (Å²) in [5.74, 6) is -0.496. The highest BCUT2D eigenvalue weighted by molar-refractivity contribution is 6.42. The summed E-state index contributed by atoms with van der Waals surface area (Å²) in [5.41, 5.74) is 3.87. The average molecular weight is 364 g/mol. The molecular weight excluding hydrogens is 336 g/mol. The third-order valence-corrected chi connectivity index (χ3v) is 5.18. The number of nitrogens with zero attached hydrogens (tertiary/aromatic N) is 1. The number of amides is 1. The topological polar surface area (TPSA) is 49.4 Å². The highest BCUT2D eigenvalue weighted by atomic mass is 16.2. The summed E-state index contributed by atoms with van der Waals surface area (Å²) in [6.45, 7) is 7.85. The van der Waals surface area contributed by atoms with Crippen molar-refractivity contribution >= 4 is 11.7 Å². The molecule has 2 aromatic carbocycles. The molecule has 0 aromatic heterocycles. The van der Waals surface area contributed by atoms with Gasteiger partial charge in [-0.1, -0.05) is 62.4 Å². The number of Topliss-reactive ketones (excluding diaryl/α,β-unsaturated/α-hetero) is 1. The molecule has 1 saturated heterocycles. The van der Waals surface area contributed by atoms with Crippen LogP contribution in [0.15, 0.2) is 48.5 Å². The Hall–Kier alpha value is -2.46. The second-order valence-electron chi connectivity index (χ2n) is 7.49. The molecule has 3 rings (SSSR count). The Bertz CT molecular complexity index is 773. The molecule has 142 valence electrons. The molecule has 1 aliphatic rings. The van der Waals surface area contributed by atoms with Crippen LogP contribution in [0.4, 0.5) is 0 Å². The average Bonchev–Trinajstić information content (AvgIpc) is 3.21. The number of ketones is 1. The Morgan fingerprint density at radius 2 is 1.48 bits per heavy atom. The van der Waals surface area contributed by atoms with Crippen molar-refractivity contribution in [2.75, 3.05) is 26.2 Å². The van der Waals surface area contributed by atoms with E-state index >= 15 is 0 Å². The zero-order chi connectivity index (χ0) is 19.2. The van der Waals surface area contributed by atoms with Gasteiger partial charge in [0, 0.05) is 18.7 Å². The van der Waals surface area contributed by atoms with Crippen molar-refractivity contribution in [3.63, 3.8) is 0 Å². The van der Waals surface area contributed by atoms with Crippen molar-refractivity contribution in [3.8, 4) is 11.1 Å². The molecule has 1 heterocycles. The minimum Gasteiger partial charge on any atom is -0.348 e. The molecule has 1 amide bonds. The summed E-state index contributed by atoms with van der Waals surface area (Å²) in [6, 6.07) is 15.7. The molecule has 1 N–H and O–H groups in total. The Labute approximate surface area is 161 Å². The lowest BCUT2D eigenvalue weighted by Gasteiger charge is -2.14. The van der Waals surface area contributed by atoms with Gasteiger partial charge in [-0.2, -0.15) is 0 Å².